The van der Waals surface area contributed by atoms with Gasteiger partial charge in [0.25, 0.3) is 0 Å². The van der Waals surface area contributed by atoms with Crippen LogP contribution in [-0.2, 0) is 13.1 Å². The molecule has 0 unspecified atom stereocenters. The Hall–Kier alpha value is -2.15. The van der Waals surface area contributed by atoms with E-state index in [1.165, 1.54) is 6.07 Å². The van der Waals surface area contributed by atoms with Crippen LogP contribution in [0.3, 0.4) is 0 Å². The fraction of sp³-hybridized carbons (Fsp3) is 0.375. The van der Waals surface area contributed by atoms with Gasteiger partial charge in [-0.3, -0.25) is 0 Å². The molecule has 1 aromatic carbocycles. The zero-order valence-corrected chi connectivity index (χ0v) is 12.7. The smallest absolute Gasteiger partial charge is 0.422 e. The van der Waals surface area contributed by atoms with Crippen LogP contribution >= 0.6 is 0 Å². The molecule has 1 N–H and O–H groups in total. The third-order valence-corrected chi connectivity index (χ3v) is 2.91. The third-order valence-electron chi connectivity index (χ3n) is 2.91. The molecule has 0 atom stereocenters. The van der Waals surface area contributed by atoms with Crippen LogP contribution in [0.1, 0.15) is 18.2 Å². The maximum atomic E-state index is 12.3. The fourth-order valence-electron chi connectivity index (χ4n) is 1.95. The number of furan rings is 1. The van der Waals surface area contributed by atoms with Gasteiger partial charge >= 0.3 is 6.18 Å². The quantitative estimate of drug-likeness (QED) is 0.797. The van der Waals surface area contributed by atoms with Gasteiger partial charge in [0, 0.05) is 6.54 Å². The molecule has 4 nitrogen and oxygen atoms in total. The second-order valence-corrected chi connectivity index (χ2v) is 4.80. The molecule has 0 aliphatic rings. The largest absolute Gasteiger partial charge is 0.490 e. The third kappa shape index (κ3) is 5.86. The Morgan fingerprint density at radius 2 is 1.91 bits per heavy atom. The molecule has 7 heteroatoms. The summed E-state index contributed by atoms with van der Waals surface area (Å²) in [6, 6.07) is 8.51. The zero-order chi connectivity index (χ0) is 16.7. The molecule has 0 aliphatic heterocycles. The Morgan fingerprint density at radius 3 is 2.57 bits per heavy atom. The van der Waals surface area contributed by atoms with Crippen LogP contribution in [0.2, 0.25) is 0 Å². The summed E-state index contributed by atoms with van der Waals surface area (Å²) in [5, 5.41) is 3.18. The first-order valence-electron chi connectivity index (χ1n) is 7.16. The number of hydrogen-bond donors (Lipinski definition) is 1. The van der Waals surface area contributed by atoms with Crippen LogP contribution in [0, 0.1) is 0 Å². The predicted molar refractivity (Wildman–Crippen MR) is 78.4 cm³/mol. The van der Waals surface area contributed by atoms with Crippen LogP contribution in [0.25, 0.3) is 0 Å². The molecule has 0 amide bonds. The molecule has 0 radical (unpaired) electrons. The van der Waals surface area contributed by atoms with Crippen molar-refractivity contribution in [2.45, 2.75) is 26.2 Å². The molecule has 1 aromatic heterocycles. The van der Waals surface area contributed by atoms with Crippen molar-refractivity contribution >= 4 is 0 Å². The highest BCUT2D eigenvalue weighted by molar-refractivity contribution is 5.43. The summed E-state index contributed by atoms with van der Waals surface area (Å²) in [7, 11) is 0. The van der Waals surface area contributed by atoms with Crippen molar-refractivity contribution in [2.24, 2.45) is 0 Å². The van der Waals surface area contributed by atoms with Crippen molar-refractivity contribution in [3.05, 3.63) is 47.9 Å². The summed E-state index contributed by atoms with van der Waals surface area (Å²) in [5.74, 6) is 1.19. The molecule has 0 fully saturated rings. The van der Waals surface area contributed by atoms with Crippen molar-refractivity contribution in [1.29, 1.82) is 0 Å². The van der Waals surface area contributed by atoms with E-state index in [0.29, 0.717) is 25.4 Å². The van der Waals surface area contributed by atoms with E-state index in [0.717, 1.165) is 11.3 Å². The van der Waals surface area contributed by atoms with Gasteiger partial charge in [0.15, 0.2) is 18.1 Å². The van der Waals surface area contributed by atoms with E-state index >= 15 is 0 Å². The van der Waals surface area contributed by atoms with Crippen LogP contribution in [-0.4, -0.2) is 19.4 Å². The van der Waals surface area contributed by atoms with E-state index in [2.05, 4.69) is 5.32 Å². The van der Waals surface area contributed by atoms with E-state index < -0.39 is 12.8 Å². The maximum absolute atomic E-state index is 12.3. The highest BCUT2D eigenvalue weighted by atomic mass is 19.4. The fourth-order valence-corrected chi connectivity index (χ4v) is 1.95. The topological polar surface area (TPSA) is 43.6 Å². The lowest BCUT2D eigenvalue weighted by Crippen LogP contribution is -2.19. The summed E-state index contributed by atoms with van der Waals surface area (Å²) in [5.41, 5.74) is 0.874. The van der Waals surface area contributed by atoms with Gasteiger partial charge in [-0.1, -0.05) is 6.07 Å². The van der Waals surface area contributed by atoms with E-state index in [-0.39, 0.29) is 5.75 Å². The first-order valence-corrected chi connectivity index (χ1v) is 7.16. The number of ether oxygens (including phenoxy) is 2. The Morgan fingerprint density at radius 1 is 1.09 bits per heavy atom. The highest BCUT2D eigenvalue weighted by Gasteiger charge is 2.29. The number of hydrogen-bond acceptors (Lipinski definition) is 4. The summed E-state index contributed by atoms with van der Waals surface area (Å²) in [6.45, 7) is 1.84. The Kier molecular flexibility index (Phi) is 5.92. The minimum Gasteiger partial charge on any atom is -0.490 e. The maximum Gasteiger partial charge on any atom is 0.422 e. The Bertz CT molecular complexity index is 597. The van der Waals surface area contributed by atoms with Crippen molar-refractivity contribution in [2.75, 3.05) is 13.2 Å². The molecule has 126 valence electrons. The molecule has 23 heavy (non-hydrogen) atoms. The normalized spacial score (nSPS) is 11.5. The van der Waals surface area contributed by atoms with Crippen LogP contribution < -0.4 is 14.8 Å². The first kappa shape index (κ1) is 17.2. The summed E-state index contributed by atoms with van der Waals surface area (Å²) < 4.78 is 52.1. The van der Waals surface area contributed by atoms with Crippen molar-refractivity contribution in [1.82, 2.24) is 5.32 Å². The SMILES string of the molecule is CCOc1cc(CNCc2ccco2)ccc1OCC(F)(F)F. The van der Waals surface area contributed by atoms with E-state index in [1.807, 2.05) is 6.07 Å². The summed E-state index contributed by atoms with van der Waals surface area (Å²) >= 11 is 0. The molecule has 0 spiro atoms. The second kappa shape index (κ2) is 7.92. The lowest BCUT2D eigenvalue weighted by molar-refractivity contribution is -0.153. The average Bonchev–Trinajstić information content (AvgIpc) is 2.99. The Labute approximate surface area is 132 Å². The molecule has 2 rings (SSSR count). The zero-order valence-electron chi connectivity index (χ0n) is 12.7. The molecule has 1 heterocycles. The van der Waals surface area contributed by atoms with Gasteiger partial charge in [0.05, 0.1) is 19.4 Å². The highest BCUT2D eigenvalue weighted by Crippen LogP contribution is 2.30. The molecule has 0 bridgehead atoms. The molecule has 0 saturated carbocycles. The monoisotopic (exact) mass is 329 g/mol. The second-order valence-electron chi connectivity index (χ2n) is 4.80. The molecular formula is C16H18F3NO3. The summed E-state index contributed by atoms with van der Waals surface area (Å²) in [6.07, 6.45) is -2.79. The van der Waals surface area contributed by atoms with Gasteiger partial charge in [-0.25, -0.2) is 0 Å². The number of rotatable bonds is 8. The van der Waals surface area contributed by atoms with Gasteiger partial charge in [0.2, 0.25) is 0 Å². The van der Waals surface area contributed by atoms with Gasteiger partial charge in [-0.15, -0.1) is 0 Å². The van der Waals surface area contributed by atoms with E-state index in [9.17, 15) is 13.2 Å². The number of halogens is 3. The van der Waals surface area contributed by atoms with Crippen LogP contribution in [0.5, 0.6) is 11.5 Å². The number of alkyl halides is 3. The predicted octanol–water partition coefficient (Wildman–Crippen LogP) is 3.91. The van der Waals surface area contributed by atoms with Crippen molar-refractivity contribution < 1.29 is 27.1 Å². The van der Waals surface area contributed by atoms with Gasteiger partial charge < -0.3 is 19.2 Å². The van der Waals surface area contributed by atoms with Crippen molar-refractivity contribution in [3.63, 3.8) is 0 Å². The van der Waals surface area contributed by atoms with Gasteiger partial charge in [-0.05, 0) is 36.8 Å². The lowest BCUT2D eigenvalue weighted by Gasteiger charge is -2.14. The number of nitrogens with one attached hydrogen (secondary N) is 1. The van der Waals surface area contributed by atoms with E-state index in [1.54, 1.807) is 31.4 Å². The number of benzene rings is 1. The molecular weight excluding hydrogens is 311 g/mol. The van der Waals surface area contributed by atoms with E-state index in [4.69, 9.17) is 13.9 Å². The van der Waals surface area contributed by atoms with Gasteiger partial charge in [-0.2, -0.15) is 13.2 Å². The lowest BCUT2D eigenvalue weighted by atomic mass is 10.2. The van der Waals surface area contributed by atoms with Crippen LogP contribution in [0.15, 0.2) is 41.0 Å². The van der Waals surface area contributed by atoms with Crippen molar-refractivity contribution in [3.8, 4) is 11.5 Å². The molecule has 2 aromatic rings. The molecule has 0 saturated heterocycles. The minimum atomic E-state index is -4.38. The standard InChI is InChI=1S/C16H18F3NO3/c1-2-21-15-8-12(9-20-10-13-4-3-7-22-13)5-6-14(15)23-11-16(17,18)19/h3-8,20H,2,9-11H2,1H3. The summed E-state index contributed by atoms with van der Waals surface area (Å²) in [4.78, 5) is 0. The minimum absolute atomic E-state index is 0.0824. The molecule has 0 aliphatic carbocycles. The first-order chi connectivity index (χ1) is 11.0. The van der Waals surface area contributed by atoms with Gasteiger partial charge in [0.1, 0.15) is 5.76 Å². The average molecular weight is 329 g/mol. The Balaban J connectivity index is 1.96. The van der Waals surface area contributed by atoms with Crippen LogP contribution in [0.4, 0.5) is 13.2 Å².